The molecule has 0 aliphatic carbocycles. The van der Waals surface area contributed by atoms with Gasteiger partial charge in [0.15, 0.2) is 5.13 Å². The van der Waals surface area contributed by atoms with Gasteiger partial charge in [0.25, 0.3) is 0 Å². The highest BCUT2D eigenvalue weighted by atomic mass is 35.5. The molecule has 130 valence electrons. The van der Waals surface area contributed by atoms with Gasteiger partial charge < -0.3 is 9.73 Å². The molecule has 5 nitrogen and oxygen atoms in total. The van der Waals surface area contributed by atoms with E-state index >= 15 is 0 Å². The predicted molar refractivity (Wildman–Crippen MR) is 104 cm³/mol. The van der Waals surface area contributed by atoms with E-state index in [1.54, 1.807) is 12.1 Å². The largest absolute Gasteiger partial charge is 0.423 e. The van der Waals surface area contributed by atoms with Crippen molar-refractivity contribution in [3.63, 3.8) is 0 Å². The average Bonchev–Trinajstić information content (AvgIpc) is 2.96. The van der Waals surface area contributed by atoms with Crippen LogP contribution in [0.5, 0.6) is 0 Å². The lowest BCUT2D eigenvalue weighted by Crippen LogP contribution is -2.15. The molecule has 2 aromatic heterocycles. The first-order valence-electron chi connectivity index (χ1n) is 7.87. The van der Waals surface area contributed by atoms with Gasteiger partial charge in [-0.2, -0.15) is 0 Å². The SMILES string of the molecule is Cc1ccc2oc(=O)cc(CC(=O)Nc3nc4ccc(Cl)cc4s3)c2c1. The number of thiazole rings is 1. The summed E-state index contributed by atoms with van der Waals surface area (Å²) in [5, 5.41) is 4.67. The van der Waals surface area contributed by atoms with Crippen LogP contribution in [0.1, 0.15) is 11.1 Å². The first-order chi connectivity index (χ1) is 12.5. The van der Waals surface area contributed by atoms with E-state index in [4.69, 9.17) is 16.0 Å². The Kier molecular flexibility index (Phi) is 4.22. The van der Waals surface area contributed by atoms with E-state index in [9.17, 15) is 9.59 Å². The highest BCUT2D eigenvalue weighted by molar-refractivity contribution is 7.22. The smallest absolute Gasteiger partial charge is 0.336 e. The van der Waals surface area contributed by atoms with Gasteiger partial charge in [0.05, 0.1) is 16.6 Å². The fraction of sp³-hybridized carbons (Fsp3) is 0.105. The molecule has 7 heteroatoms. The van der Waals surface area contributed by atoms with E-state index in [2.05, 4.69) is 10.3 Å². The van der Waals surface area contributed by atoms with Crippen LogP contribution >= 0.6 is 22.9 Å². The van der Waals surface area contributed by atoms with Crippen LogP contribution in [0.4, 0.5) is 5.13 Å². The predicted octanol–water partition coefficient (Wildman–Crippen LogP) is 4.55. The molecule has 0 fully saturated rings. The lowest BCUT2D eigenvalue weighted by Gasteiger charge is -2.06. The molecule has 0 spiro atoms. The maximum atomic E-state index is 12.5. The Morgan fingerprint density at radius 3 is 2.92 bits per heavy atom. The molecule has 4 aromatic rings. The summed E-state index contributed by atoms with van der Waals surface area (Å²) in [6, 6.07) is 12.2. The van der Waals surface area contributed by atoms with Gasteiger partial charge in [-0.3, -0.25) is 4.79 Å². The van der Waals surface area contributed by atoms with Gasteiger partial charge >= 0.3 is 5.63 Å². The Hall–Kier alpha value is -2.70. The van der Waals surface area contributed by atoms with E-state index in [0.717, 1.165) is 21.2 Å². The van der Waals surface area contributed by atoms with E-state index < -0.39 is 5.63 Å². The number of nitrogens with zero attached hydrogens (tertiary/aromatic N) is 1. The van der Waals surface area contributed by atoms with Crippen molar-refractivity contribution >= 4 is 55.2 Å². The molecule has 26 heavy (non-hydrogen) atoms. The number of benzene rings is 2. The molecule has 0 aliphatic rings. The Morgan fingerprint density at radius 1 is 1.23 bits per heavy atom. The van der Waals surface area contributed by atoms with Crippen molar-refractivity contribution in [3.05, 3.63) is 69.0 Å². The number of fused-ring (bicyclic) bond motifs is 2. The number of halogens is 1. The maximum Gasteiger partial charge on any atom is 0.336 e. The second kappa shape index (κ2) is 6.55. The summed E-state index contributed by atoms with van der Waals surface area (Å²) in [5.74, 6) is -0.247. The summed E-state index contributed by atoms with van der Waals surface area (Å²) in [4.78, 5) is 28.6. The zero-order chi connectivity index (χ0) is 18.3. The maximum absolute atomic E-state index is 12.5. The van der Waals surface area contributed by atoms with Crippen molar-refractivity contribution in [2.24, 2.45) is 0 Å². The van der Waals surface area contributed by atoms with Crippen molar-refractivity contribution in [3.8, 4) is 0 Å². The molecule has 0 bridgehead atoms. The van der Waals surface area contributed by atoms with Crippen molar-refractivity contribution in [2.75, 3.05) is 5.32 Å². The molecule has 4 rings (SSSR count). The molecule has 0 saturated heterocycles. The summed E-state index contributed by atoms with van der Waals surface area (Å²) in [5.41, 5.74) is 2.42. The normalized spacial score (nSPS) is 11.2. The third-order valence-electron chi connectivity index (χ3n) is 3.93. The fourth-order valence-corrected chi connectivity index (χ4v) is 3.93. The van der Waals surface area contributed by atoms with E-state index in [1.807, 2.05) is 31.2 Å². The zero-order valence-electron chi connectivity index (χ0n) is 13.7. The molecular formula is C19H13ClN2O3S. The lowest BCUT2D eigenvalue weighted by molar-refractivity contribution is -0.115. The van der Waals surface area contributed by atoms with Gasteiger partial charge in [-0.25, -0.2) is 9.78 Å². The third-order valence-corrected chi connectivity index (χ3v) is 5.10. The van der Waals surface area contributed by atoms with Gasteiger partial charge in [0.1, 0.15) is 5.58 Å². The van der Waals surface area contributed by atoms with Crippen LogP contribution in [0.15, 0.2) is 51.7 Å². The van der Waals surface area contributed by atoms with Crippen LogP contribution in [-0.4, -0.2) is 10.9 Å². The Labute approximate surface area is 157 Å². The topological polar surface area (TPSA) is 72.2 Å². The second-order valence-electron chi connectivity index (χ2n) is 5.95. The van der Waals surface area contributed by atoms with Crippen molar-refractivity contribution in [2.45, 2.75) is 13.3 Å². The van der Waals surface area contributed by atoms with Gasteiger partial charge in [-0.15, -0.1) is 0 Å². The van der Waals surface area contributed by atoms with Crippen molar-refractivity contribution in [1.29, 1.82) is 0 Å². The molecule has 1 N–H and O–H groups in total. The average molecular weight is 385 g/mol. The lowest BCUT2D eigenvalue weighted by atomic mass is 10.0. The molecule has 2 aromatic carbocycles. The minimum atomic E-state index is -0.473. The van der Waals surface area contributed by atoms with E-state index in [1.165, 1.54) is 17.4 Å². The van der Waals surface area contributed by atoms with Crippen molar-refractivity contribution < 1.29 is 9.21 Å². The molecule has 0 unspecified atom stereocenters. The Bertz CT molecular complexity index is 1210. The summed E-state index contributed by atoms with van der Waals surface area (Å²) >= 11 is 7.33. The minimum Gasteiger partial charge on any atom is -0.423 e. The standard InChI is InChI=1S/C19H13ClN2O3S/c1-10-2-5-15-13(6-10)11(8-18(24)25-15)7-17(23)22-19-21-14-4-3-12(20)9-16(14)26-19/h2-6,8-9H,7H2,1H3,(H,21,22,23). The third kappa shape index (κ3) is 3.34. The van der Waals surface area contributed by atoms with Crippen molar-refractivity contribution in [1.82, 2.24) is 4.98 Å². The Morgan fingerprint density at radius 2 is 2.08 bits per heavy atom. The number of carbonyl (C=O) groups excluding carboxylic acids is 1. The molecule has 1 amide bonds. The number of hydrogen-bond donors (Lipinski definition) is 1. The quantitative estimate of drug-likeness (QED) is 0.526. The highest BCUT2D eigenvalue weighted by Crippen LogP contribution is 2.28. The molecule has 0 radical (unpaired) electrons. The van der Waals surface area contributed by atoms with Crippen LogP contribution in [0, 0.1) is 6.92 Å². The number of nitrogens with one attached hydrogen (secondary N) is 1. The summed E-state index contributed by atoms with van der Waals surface area (Å²) in [6.07, 6.45) is 0.0578. The monoisotopic (exact) mass is 384 g/mol. The van der Waals surface area contributed by atoms with Crippen LogP contribution in [0.2, 0.25) is 5.02 Å². The molecule has 0 saturated carbocycles. The number of carbonyl (C=O) groups is 1. The molecule has 0 aliphatic heterocycles. The first kappa shape index (κ1) is 16.8. The molecule has 0 atom stereocenters. The number of anilines is 1. The van der Waals surface area contributed by atoms with Crippen LogP contribution in [-0.2, 0) is 11.2 Å². The number of aryl methyl sites for hydroxylation is 1. The number of aromatic nitrogens is 1. The fourth-order valence-electron chi connectivity index (χ4n) is 2.78. The summed E-state index contributed by atoms with van der Waals surface area (Å²) in [6.45, 7) is 1.95. The van der Waals surface area contributed by atoms with E-state index in [-0.39, 0.29) is 12.3 Å². The minimum absolute atomic E-state index is 0.0578. The number of hydrogen-bond acceptors (Lipinski definition) is 5. The van der Waals surface area contributed by atoms with Gasteiger partial charge in [0, 0.05) is 16.5 Å². The summed E-state index contributed by atoms with van der Waals surface area (Å²) in [7, 11) is 0. The van der Waals surface area contributed by atoms with Gasteiger partial charge in [0.2, 0.25) is 5.91 Å². The molecular weight excluding hydrogens is 372 g/mol. The van der Waals surface area contributed by atoms with Crippen LogP contribution in [0.3, 0.4) is 0 Å². The first-order valence-corrected chi connectivity index (χ1v) is 9.07. The number of rotatable bonds is 3. The Balaban J connectivity index is 1.62. The van der Waals surface area contributed by atoms with E-state index in [0.29, 0.717) is 21.3 Å². The van der Waals surface area contributed by atoms with Gasteiger partial charge in [-0.1, -0.05) is 34.6 Å². The van der Waals surface area contributed by atoms with Crippen LogP contribution in [0.25, 0.3) is 21.2 Å². The molecule has 2 heterocycles. The summed E-state index contributed by atoms with van der Waals surface area (Å²) < 4.78 is 6.10. The van der Waals surface area contributed by atoms with Crippen LogP contribution < -0.4 is 10.9 Å². The van der Waals surface area contributed by atoms with Gasteiger partial charge in [-0.05, 0) is 42.8 Å². The highest BCUT2D eigenvalue weighted by Gasteiger charge is 2.13. The number of amides is 1. The second-order valence-corrected chi connectivity index (χ2v) is 7.41. The zero-order valence-corrected chi connectivity index (χ0v) is 15.3.